The van der Waals surface area contributed by atoms with Crippen LogP contribution in [0.25, 0.3) is 11.5 Å². The van der Waals surface area contributed by atoms with Crippen LogP contribution in [0.4, 0.5) is 5.13 Å². The van der Waals surface area contributed by atoms with Crippen LogP contribution >= 0.6 is 24.0 Å². The van der Waals surface area contributed by atoms with Crippen LogP contribution in [0.2, 0.25) is 0 Å². The summed E-state index contributed by atoms with van der Waals surface area (Å²) in [7, 11) is 0. The molecule has 1 aromatic heterocycles. The molecule has 1 rings (SSSR count). The van der Waals surface area contributed by atoms with Crippen LogP contribution in [0.5, 0.6) is 0 Å². The maximum Gasteiger partial charge on any atom is 2.00 e. The van der Waals surface area contributed by atoms with Crippen molar-refractivity contribution in [3.63, 3.8) is 0 Å². The number of anilines is 1. The van der Waals surface area contributed by atoms with E-state index in [0.29, 0.717) is 10.2 Å². The Labute approximate surface area is 86.9 Å². The first-order valence-electron chi connectivity index (χ1n) is 2.52. The molecule has 0 bridgehead atoms. The largest absolute Gasteiger partial charge is 2.00 e. The van der Waals surface area contributed by atoms with Gasteiger partial charge in [-0.15, -0.1) is 24.0 Å². The van der Waals surface area contributed by atoms with E-state index in [2.05, 4.69) is 22.9 Å². The third-order valence-corrected chi connectivity index (χ3v) is 1.94. The van der Waals surface area contributed by atoms with E-state index in [1.165, 1.54) is 11.3 Å². The summed E-state index contributed by atoms with van der Waals surface area (Å²) < 4.78 is 0. The van der Waals surface area contributed by atoms with E-state index in [1.807, 2.05) is 0 Å². The topological polar surface area (TPSA) is 72.5 Å². The van der Waals surface area contributed by atoms with E-state index in [-0.39, 0.29) is 19.5 Å². The third-order valence-electron chi connectivity index (χ3n) is 0.760. The molecule has 0 atom stereocenters. The minimum absolute atomic E-state index is 0. The van der Waals surface area contributed by atoms with E-state index in [9.17, 15) is 0 Å². The van der Waals surface area contributed by atoms with Crippen molar-refractivity contribution in [1.29, 1.82) is 0 Å². The van der Waals surface area contributed by atoms with E-state index in [4.69, 9.17) is 11.5 Å². The van der Waals surface area contributed by atoms with E-state index in [0.717, 1.165) is 0 Å². The minimum atomic E-state index is -1.06. The van der Waals surface area contributed by atoms with Gasteiger partial charge in [-0.3, -0.25) is 0 Å². The smallest absolute Gasteiger partial charge is 0.676 e. The van der Waals surface area contributed by atoms with Gasteiger partial charge in [0.25, 0.3) is 0 Å². The second-order valence-electron chi connectivity index (χ2n) is 1.59. The van der Waals surface area contributed by atoms with Gasteiger partial charge < -0.3 is 16.8 Å². The van der Waals surface area contributed by atoms with Crippen molar-refractivity contribution in [2.24, 2.45) is 0 Å². The van der Waals surface area contributed by atoms with Gasteiger partial charge >= 0.3 is 19.5 Å². The average Bonchev–Trinajstić information content (AvgIpc) is 2.13. The van der Waals surface area contributed by atoms with Gasteiger partial charge in [0.05, 0.1) is 0 Å². The van der Waals surface area contributed by atoms with E-state index in [1.54, 1.807) is 5.38 Å². The second-order valence-corrected chi connectivity index (χ2v) is 2.90. The summed E-state index contributed by atoms with van der Waals surface area (Å²) in [6.07, 6.45) is -1.06. The number of hydrogen-bond donors (Lipinski definition) is 2. The summed E-state index contributed by atoms with van der Waals surface area (Å²) in [6.45, 7) is 0. The molecule has 3 N–H and O–H groups in total. The zero-order valence-electron chi connectivity index (χ0n) is 5.66. The normalized spacial score (nSPS) is 9.45. The van der Waals surface area contributed by atoms with Crippen molar-refractivity contribution in [3.05, 3.63) is 16.8 Å². The number of rotatable bonds is 2. The molecule has 0 aliphatic rings. The first-order chi connectivity index (χ1) is 4.68. The van der Waals surface area contributed by atoms with Crippen molar-refractivity contribution < 1.29 is 19.5 Å². The molecule has 56 valence electrons. The fourth-order valence-corrected chi connectivity index (χ4v) is 1.39. The predicted octanol–water partition coefficient (Wildman–Crippen LogP) is 2.23. The molecule has 0 aromatic carbocycles. The molecular weight excluding hydrogens is 234 g/mol. The van der Waals surface area contributed by atoms with Crippen LogP contribution in [-0.4, -0.2) is 11.3 Å². The number of hydrogen-bond acceptors (Lipinski definition) is 4. The Bertz CT molecular complexity index is 214. The Morgan fingerprint density at radius 2 is 2.27 bits per heavy atom. The van der Waals surface area contributed by atoms with Gasteiger partial charge in [-0.25, -0.2) is 4.98 Å². The maximum absolute atomic E-state index is 6.82. The van der Waals surface area contributed by atoms with Crippen LogP contribution in [0.1, 0.15) is 0 Å². The van der Waals surface area contributed by atoms with Gasteiger partial charge in [-0.1, -0.05) is 0 Å². The average molecular weight is 240 g/mol. The molecule has 0 aliphatic carbocycles. The maximum atomic E-state index is 6.82. The molecule has 0 amide bonds. The van der Waals surface area contributed by atoms with E-state index < -0.39 is 6.29 Å². The number of nitrogens with one attached hydrogen (secondary N) is 3. The fraction of sp³-hybridized carbons (Fsp3) is 0.250. The van der Waals surface area contributed by atoms with Gasteiger partial charge in [0.2, 0.25) is 0 Å². The number of thiazole rings is 1. The zero-order valence-corrected chi connectivity index (χ0v) is 10.3. The quantitative estimate of drug-likeness (QED) is 0.614. The van der Waals surface area contributed by atoms with Crippen molar-refractivity contribution in [2.75, 3.05) is 5.32 Å². The van der Waals surface area contributed by atoms with Gasteiger partial charge in [-0.05, 0) is 0 Å². The second kappa shape index (κ2) is 5.06. The molecule has 1 heterocycles. The molecule has 0 saturated heterocycles. The number of nitrogens with zero attached hydrogens (tertiary/aromatic N) is 1. The molecule has 4 nitrogen and oxygen atoms in total. The molecule has 0 fully saturated rings. The molecule has 7 heteroatoms. The molecule has 1 aromatic rings. The standard InChI is InChI=1S/C4H6N4S2.Zn/c5-3(6)8-4-7-2(9)1-10-4;/h1,3,5-6,9H,(H,7,8);/q-2;+2. The molecular formula is C4H6N4S2Zn. The van der Waals surface area contributed by atoms with E-state index >= 15 is 0 Å². The Hall–Kier alpha value is 0.323. The van der Waals surface area contributed by atoms with Crippen LogP contribution in [0, 0.1) is 0 Å². The number of thiol groups is 1. The van der Waals surface area contributed by atoms with Gasteiger partial charge in [0, 0.05) is 5.38 Å². The van der Waals surface area contributed by atoms with Crippen molar-refractivity contribution in [3.8, 4) is 0 Å². The Morgan fingerprint density at radius 3 is 2.64 bits per heavy atom. The fourth-order valence-electron chi connectivity index (χ4n) is 0.455. The molecule has 11 heavy (non-hydrogen) atoms. The molecule has 0 unspecified atom stereocenters. The van der Waals surface area contributed by atoms with Gasteiger partial charge in [0.1, 0.15) is 5.03 Å². The summed E-state index contributed by atoms with van der Waals surface area (Å²) in [4.78, 5) is 3.88. The van der Waals surface area contributed by atoms with Gasteiger partial charge in [-0.2, -0.15) is 6.29 Å². The summed E-state index contributed by atoms with van der Waals surface area (Å²) in [5.41, 5.74) is 13.6. The summed E-state index contributed by atoms with van der Waals surface area (Å²) in [5.74, 6) is 0. The Kier molecular flexibility index (Phi) is 5.20. The minimum Gasteiger partial charge on any atom is -0.676 e. The van der Waals surface area contributed by atoms with Crippen molar-refractivity contribution in [2.45, 2.75) is 11.3 Å². The summed E-state index contributed by atoms with van der Waals surface area (Å²) in [6, 6.07) is 0. The van der Waals surface area contributed by atoms with Crippen LogP contribution < -0.4 is 5.32 Å². The number of aromatic nitrogens is 1. The van der Waals surface area contributed by atoms with Crippen LogP contribution in [0.3, 0.4) is 0 Å². The predicted molar refractivity (Wildman–Crippen MR) is 45.4 cm³/mol. The Morgan fingerprint density at radius 1 is 1.64 bits per heavy atom. The third kappa shape index (κ3) is 4.03. The van der Waals surface area contributed by atoms with Crippen molar-refractivity contribution >= 4 is 29.1 Å². The molecule has 0 saturated carbocycles. The van der Waals surface area contributed by atoms with Crippen molar-refractivity contribution in [1.82, 2.24) is 4.98 Å². The monoisotopic (exact) mass is 238 g/mol. The van der Waals surface area contributed by atoms with Gasteiger partial charge in [0.15, 0.2) is 5.13 Å². The molecule has 0 spiro atoms. The first-order valence-corrected chi connectivity index (χ1v) is 3.84. The summed E-state index contributed by atoms with van der Waals surface area (Å²) in [5, 5.41) is 5.45. The Balaban J connectivity index is 0.000001000. The SMILES string of the molecule is [NH-]C([NH-])Nc1nc(S)cs1.[Zn+2]. The first kappa shape index (κ1) is 11.3. The summed E-state index contributed by atoms with van der Waals surface area (Å²) >= 11 is 5.30. The van der Waals surface area contributed by atoms with Crippen LogP contribution in [0.15, 0.2) is 10.4 Å². The van der Waals surface area contributed by atoms with Crippen LogP contribution in [-0.2, 0) is 19.5 Å². The zero-order chi connectivity index (χ0) is 7.56. The molecule has 0 radical (unpaired) electrons. The molecule has 0 aliphatic heterocycles.